The van der Waals surface area contributed by atoms with Crippen molar-refractivity contribution in [3.63, 3.8) is 0 Å². The SMILES string of the molecule is COc1ccc(Cl)cc1NCCN(C)C. The standard InChI is InChI=1S/C11H17ClN2O/c1-14(2)7-6-13-10-8-9(12)4-5-11(10)15-3/h4-5,8,13H,6-7H2,1-3H3. The van der Waals surface area contributed by atoms with Gasteiger partial charge in [-0.25, -0.2) is 0 Å². The van der Waals surface area contributed by atoms with Gasteiger partial charge in [0, 0.05) is 18.1 Å². The van der Waals surface area contributed by atoms with Crippen LogP contribution in [0.1, 0.15) is 0 Å². The van der Waals surface area contributed by atoms with Crippen LogP contribution in [0.5, 0.6) is 5.75 Å². The molecule has 0 aliphatic carbocycles. The molecule has 0 saturated heterocycles. The van der Waals surface area contributed by atoms with Crippen molar-refractivity contribution in [3.8, 4) is 5.75 Å². The Balaban J connectivity index is 2.62. The van der Waals surface area contributed by atoms with Crippen LogP contribution in [0.3, 0.4) is 0 Å². The molecule has 84 valence electrons. The summed E-state index contributed by atoms with van der Waals surface area (Å²) in [6.45, 7) is 1.83. The van der Waals surface area contributed by atoms with Crippen LogP contribution in [0.2, 0.25) is 5.02 Å². The van der Waals surface area contributed by atoms with Crippen LogP contribution >= 0.6 is 11.6 Å². The maximum absolute atomic E-state index is 5.91. The lowest BCUT2D eigenvalue weighted by Gasteiger charge is -2.14. The van der Waals surface area contributed by atoms with Gasteiger partial charge in [0.15, 0.2) is 0 Å². The van der Waals surface area contributed by atoms with E-state index in [9.17, 15) is 0 Å². The molecule has 0 unspecified atom stereocenters. The summed E-state index contributed by atoms with van der Waals surface area (Å²) >= 11 is 5.91. The van der Waals surface area contributed by atoms with Gasteiger partial charge in [-0.2, -0.15) is 0 Å². The lowest BCUT2D eigenvalue weighted by molar-refractivity contribution is 0.413. The van der Waals surface area contributed by atoms with Gasteiger partial charge in [0.25, 0.3) is 0 Å². The number of rotatable bonds is 5. The van der Waals surface area contributed by atoms with Crippen molar-refractivity contribution < 1.29 is 4.74 Å². The predicted octanol–water partition coefficient (Wildman–Crippen LogP) is 2.32. The molecule has 0 atom stereocenters. The summed E-state index contributed by atoms with van der Waals surface area (Å²) in [6.07, 6.45) is 0. The van der Waals surface area contributed by atoms with Gasteiger partial charge in [0.2, 0.25) is 0 Å². The van der Waals surface area contributed by atoms with Gasteiger partial charge in [0.05, 0.1) is 12.8 Å². The third kappa shape index (κ3) is 3.98. The molecule has 1 aromatic carbocycles. The zero-order chi connectivity index (χ0) is 11.3. The second-order valence-corrected chi connectivity index (χ2v) is 4.01. The molecule has 0 saturated carbocycles. The van der Waals surface area contributed by atoms with Crippen LogP contribution in [0.4, 0.5) is 5.69 Å². The highest BCUT2D eigenvalue weighted by Gasteiger charge is 2.02. The van der Waals surface area contributed by atoms with Crippen molar-refractivity contribution in [3.05, 3.63) is 23.2 Å². The van der Waals surface area contributed by atoms with Crippen molar-refractivity contribution in [2.75, 3.05) is 39.6 Å². The molecule has 0 heterocycles. The Labute approximate surface area is 96.0 Å². The van der Waals surface area contributed by atoms with Gasteiger partial charge >= 0.3 is 0 Å². The first-order valence-electron chi connectivity index (χ1n) is 4.85. The highest BCUT2D eigenvalue weighted by molar-refractivity contribution is 6.30. The minimum absolute atomic E-state index is 0.711. The normalized spacial score (nSPS) is 10.5. The quantitative estimate of drug-likeness (QED) is 0.837. The van der Waals surface area contributed by atoms with Crippen LogP contribution in [0.25, 0.3) is 0 Å². The third-order valence-corrected chi connectivity index (χ3v) is 2.27. The van der Waals surface area contributed by atoms with Crippen LogP contribution in [0.15, 0.2) is 18.2 Å². The van der Waals surface area contributed by atoms with E-state index in [1.807, 2.05) is 32.3 Å². The average Bonchev–Trinajstić information content (AvgIpc) is 2.17. The summed E-state index contributed by atoms with van der Waals surface area (Å²) in [5.41, 5.74) is 0.937. The molecule has 0 radical (unpaired) electrons. The first-order valence-corrected chi connectivity index (χ1v) is 5.23. The Kier molecular flexibility index (Phi) is 4.72. The maximum atomic E-state index is 5.91. The van der Waals surface area contributed by atoms with E-state index in [1.165, 1.54) is 0 Å². The van der Waals surface area contributed by atoms with Crippen molar-refractivity contribution in [1.82, 2.24) is 4.90 Å². The molecule has 0 aromatic heterocycles. The highest BCUT2D eigenvalue weighted by Crippen LogP contribution is 2.27. The highest BCUT2D eigenvalue weighted by atomic mass is 35.5. The fourth-order valence-electron chi connectivity index (χ4n) is 1.23. The van der Waals surface area contributed by atoms with Crippen molar-refractivity contribution in [2.45, 2.75) is 0 Å². The molecule has 4 heteroatoms. The number of nitrogens with zero attached hydrogens (tertiary/aromatic N) is 1. The largest absolute Gasteiger partial charge is 0.495 e. The van der Waals surface area contributed by atoms with Crippen LogP contribution < -0.4 is 10.1 Å². The topological polar surface area (TPSA) is 24.5 Å². The van der Waals surface area contributed by atoms with Crippen LogP contribution in [0, 0.1) is 0 Å². The van der Waals surface area contributed by atoms with Gasteiger partial charge in [0.1, 0.15) is 5.75 Å². The molecule has 15 heavy (non-hydrogen) atoms. The van der Waals surface area contributed by atoms with Gasteiger partial charge < -0.3 is 15.0 Å². The Morgan fingerprint density at radius 3 is 2.73 bits per heavy atom. The van der Waals surface area contributed by atoms with Gasteiger partial charge in [-0.05, 0) is 32.3 Å². The van der Waals surface area contributed by atoms with E-state index < -0.39 is 0 Å². The number of halogens is 1. The van der Waals surface area contributed by atoms with Crippen LogP contribution in [-0.2, 0) is 0 Å². The minimum Gasteiger partial charge on any atom is -0.495 e. The van der Waals surface area contributed by atoms with E-state index in [-0.39, 0.29) is 0 Å². The molecule has 1 aromatic rings. The monoisotopic (exact) mass is 228 g/mol. The molecule has 1 N–H and O–H groups in total. The Hall–Kier alpha value is -0.930. The summed E-state index contributed by atoms with van der Waals surface area (Å²) in [7, 11) is 5.73. The fourth-order valence-corrected chi connectivity index (χ4v) is 1.40. The molecule has 0 fully saturated rings. The first-order chi connectivity index (χ1) is 7.13. The van der Waals surface area contributed by atoms with Crippen molar-refractivity contribution >= 4 is 17.3 Å². The van der Waals surface area contributed by atoms with E-state index in [0.29, 0.717) is 5.02 Å². The maximum Gasteiger partial charge on any atom is 0.142 e. The van der Waals surface area contributed by atoms with Gasteiger partial charge in [-0.15, -0.1) is 0 Å². The number of hydrogen-bond acceptors (Lipinski definition) is 3. The number of hydrogen-bond donors (Lipinski definition) is 1. The molecule has 0 bridgehead atoms. The number of methoxy groups -OCH3 is 1. The summed E-state index contributed by atoms with van der Waals surface area (Å²) in [6, 6.07) is 5.55. The third-order valence-electron chi connectivity index (χ3n) is 2.04. The van der Waals surface area contributed by atoms with E-state index in [2.05, 4.69) is 10.2 Å². The summed E-state index contributed by atoms with van der Waals surface area (Å²) < 4.78 is 5.22. The van der Waals surface area contributed by atoms with E-state index >= 15 is 0 Å². The Bertz CT molecular complexity index is 315. The molecule has 0 spiro atoms. The summed E-state index contributed by atoms with van der Waals surface area (Å²) in [5.74, 6) is 0.818. The van der Waals surface area contributed by atoms with Gasteiger partial charge in [-0.3, -0.25) is 0 Å². The Morgan fingerprint density at radius 2 is 2.13 bits per heavy atom. The van der Waals surface area contributed by atoms with Crippen LogP contribution in [-0.4, -0.2) is 39.2 Å². The summed E-state index contributed by atoms with van der Waals surface area (Å²) in [4.78, 5) is 2.12. The minimum atomic E-state index is 0.711. The number of anilines is 1. The zero-order valence-corrected chi connectivity index (χ0v) is 10.1. The predicted molar refractivity (Wildman–Crippen MR) is 65.0 cm³/mol. The molecular formula is C11H17ClN2O. The molecule has 3 nitrogen and oxygen atoms in total. The number of ether oxygens (including phenoxy) is 1. The molecule has 0 amide bonds. The van der Waals surface area contributed by atoms with E-state index in [4.69, 9.17) is 16.3 Å². The molecular weight excluding hydrogens is 212 g/mol. The zero-order valence-electron chi connectivity index (χ0n) is 9.38. The van der Waals surface area contributed by atoms with E-state index in [1.54, 1.807) is 7.11 Å². The molecule has 0 aliphatic rings. The molecule has 0 aliphatic heterocycles. The van der Waals surface area contributed by atoms with E-state index in [0.717, 1.165) is 24.5 Å². The number of likely N-dealkylation sites (N-methyl/N-ethyl adjacent to an activating group) is 1. The summed E-state index contributed by atoms with van der Waals surface area (Å²) in [5, 5.41) is 4.00. The number of benzene rings is 1. The van der Waals surface area contributed by atoms with Crippen molar-refractivity contribution in [2.24, 2.45) is 0 Å². The second-order valence-electron chi connectivity index (χ2n) is 3.57. The lowest BCUT2D eigenvalue weighted by Crippen LogP contribution is -2.20. The number of nitrogens with one attached hydrogen (secondary N) is 1. The fraction of sp³-hybridized carbons (Fsp3) is 0.455. The Morgan fingerprint density at radius 1 is 1.40 bits per heavy atom. The lowest BCUT2D eigenvalue weighted by atomic mass is 10.3. The first kappa shape index (κ1) is 12.1. The van der Waals surface area contributed by atoms with Gasteiger partial charge in [-0.1, -0.05) is 11.6 Å². The second kappa shape index (κ2) is 5.83. The molecule has 1 rings (SSSR count). The smallest absolute Gasteiger partial charge is 0.142 e. The average molecular weight is 229 g/mol. The van der Waals surface area contributed by atoms with Crippen molar-refractivity contribution in [1.29, 1.82) is 0 Å².